The lowest BCUT2D eigenvalue weighted by molar-refractivity contribution is 0.0600. The number of ether oxygens (including phenoxy) is 1. The number of nitrogens with one attached hydrogen (secondary N) is 1. The van der Waals surface area contributed by atoms with E-state index < -0.39 is 5.97 Å². The molecule has 1 aliphatic heterocycles. The second-order valence-electron chi connectivity index (χ2n) is 5.25. The fraction of sp³-hybridized carbons (Fsp3) is 0.333. The van der Waals surface area contributed by atoms with Crippen molar-refractivity contribution < 1.29 is 14.3 Å². The molecule has 1 aliphatic rings. The molecule has 0 atom stereocenters. The lowest BCUT2D eigenvalue weighted by atomic mass is 10.0. The molecule has 0 spiro atoms. The van der Waals surface area contributed by atoms with Crippen molar-refractivity contribution in [2.75, 3.05) is 26.0 Å². The first-order valence-electron chi connectivity index (χ1n) is 6.97. The van der Waals surface area contributed by atoms with Gasteiger partial charge >= 0.3 is 5.97 Å². The van der Waals surface area contributed by atoms with E-state index in [1.165, 1.54) is 29.8 Å². The van der Waals surface area contributed by atoms with Crippen molar-refractivity contribution in [2.45, 2.75) is 13.0 Å². The highest BCUT2D eigenvalue weighted by Gasteiger charge is 2.28. The number of thiophene rings is 2. The molecule has 0 aromatic carbocycles. The zero-order valence-electron chi connectivity index (χ0n) is 12.6. The quantitative estimate of drug-likeness (QED) is 0.779. The summed E-state index contributed by atoms with van der Waals surface area (Å²) >= 11 is 6.16. The van der Waals surface area contributed by atoms with Crippen LogP contribution in [0.2, 0.25) is 0 Å². The Balaban J connectivity index is 1.95. The van der Waals surface area contributed by atoms with Gasteiger partial charge in [0.05, 0.1) is 21.3 Å². The number of hydrogen-bond acceptors (Lipinski definition) is 6. The highest BCUT2D eigenvalue weighted by molar-refractivity contribution is 9.11. The topological polar surface area (TPSA) is 58.6 Å². The van der Waals surface area contributed by atoms with E-state index in [-0.39, 0.29) is 5.91 Å². The number of likely N-dealkylation sites (N-methyl/N-ethyl adjacent to an activating group) is 1. The van der Waals surface area contributed by atoms with Crippen LogP contribution in [0, 0.1) is 0 Å². The average molecular weight is 415 g/mol. The molecule has 5 nitrogen and oxygen atoms in total. The Kier molecular flexibility index (Phi) is 4.86. The Morgan fingerprint density at radius 2 is 2.13 bits per heavy atom. The van der Waals surface area contributed by atoms with Crippen molar-refractivity contribution in [3.05, 3.63) is 36.8 Å². The normalized spacial score (nSPS) is 14.4. The van der Waals surface area contributed by atoms with Crippen molar-refractivity contribution in [3.63, 3.8) is 0 Å². The molecule has 1 N–H and O–H groups in total. The van der Waals surface area contributed by atoms with Crippen LogP contribution in [0.1, 0.15) is 30.5 Å². The predicted molar refractivity (Wildman–Crippen MR) is 95.7 cm³/mol. The maximum atomic E-state index is 12.4. The molecular weight excluding hydrogens is 400 g/mol. The van der Waals surface area contributed by atoms with Crippen molar-refractivity contribution in [1.29, 1.82) is 0 Å². The fourth-order valence-corrected chi connectivity index (χ4v) is 5.13. The zero-order chi connectivity index (χ0) is 16.6. The number of carbonyl (C=O) groups excluding carboxylic acids is 2. The number of anilines is 1. The maximum absolute atomic E-state index is 12.4. The average Bonchev–Trinajstić information content (AvgIpc) is 3.09. The van der Waals surface area contributed by atoms with Gasteiger partial charge in [0, 0.05) is 18.0 Å². The van der Waals surface area contributed by atoms with E-state index in [2.05, 4.69) is 26.1 Å². The van der Waals surface area contributed by atoms with Gasteiger partial charge in [-0.2, -0.15) is 0 Å². The summed E-state index contributed by atoms with van der Waals surface area (Å²) in [5, 5.41) is 3.45. The molecular formula is C15H15BrN2O3S2. The third kappa shape index (κ3) is 3.35. The van der Waals surface area contributed by atoms with Crippen LogP contribution in [0.3, 0.4) is 0 Å². The van der Waals surface area contributed by atoms with Crippen molar-refractivity contribution in [2.24, 2.45) is 0 Å². The second-order valence-corrected chi connectivity index (χ2v) is 8.81. The molecule has 8 heteroatoms. The lowest BCUT2D eigenvalue weighted by Crippen LogP contribution is -2.26. The molecule has 3 heterocycles. The van der Waals surface area contributed by atoms with E-state index in [4.69, 9.17) is 4.74 Å². The summed E-state index contributed by atoms with van der Waals surface area (Å²) in [6, 6.07) is 3.58. The van der Waals surface area contributed by atoms with E-state index >= 15 is 0 Å². The molecule has 1 amide bonds. The van der Waals surface area contributed by atoms with Gasteiger partial charge in [-0.25, -0.2) is 4.79 Å². The number of carbonyl (C=O) groups is 2. The van der Waals surface area contributed by atoms with Crippen LogP contribution in [-0.2, 0) is 17.7 Å². The van der Waals surface area contributed by atoms with E-state index in [9.17, 15) is 9.59 Å². The molecule has 0 fully saturated rings. The Morgan fingerprint density at radius 3 is 2.78 bits per heavy atom. The van der Waals surface area contributed by atoms with E-state index in [0.29, 0.717) is 15.4 Å². The van der Waals surface area contributed by atoms with Gasteiger partial charge in [0.1, 0.15) is 5.00 Å². The number of fused-ring (bicyclic) bond motifs is 1. The first kappa shape index (κ1) is 16.6. The van der Waals surface area contributed by atoms with E-state index in [1.807, 2.05) is 13.1 Å². The summed E-state index contributed by atoms with van der Waals surface area (Å²) in [5.41, 5.74) is 1.51. The molecule has 3 rings (SSSR count). The van der Waals surface area contributed by atoms with Gasteiger partial charge in [0.15, 0.2) is 0 Å². The van der Waals surface area contributed by atoms with Gasteiger partial charge in [0.25, 0.3) is 5.91 Å². The highest BCUT2D eigenvalue weighted by atomic mass is 79.9. The number of methoxy groups -OCH3 is 1. The molecule has 0 saturated carbocycles. The van der Waals surface area contributed by atoms with Gasteiger partial charge in [-0.1, -0.05) is 0 Å². The fourth-order valence-electron chi connectivity index (χ4n) is 2.54. The van der Waals surface area contributed by atoms with Crippen LogP contribution in [-0.4, -0.2) is 37.5 Å². The largest absolute Gasteiger partial charge is 0.465 e. The van der Waals surface area contributed by atoms with E-state index in [0.717, 1.165) is 33.7 Å². The molecule has 0 radical (unpaired) electrons. The molecule has 2 aromatic rings. The Bertz CT molecular complexity index is 769. The molecule has 0 unspecified atom stereocenters. The summed E-state index contributed by atoms with van der Waals surface area (Å²) in [6.07, 6.45) is 0.785. The number of esters is 1. The minimum absolute atomic E-state index is 0.210. The summed E-state index contributed by atoms with van der Waals surface area (Å²) in [5.74, 6) is -0.604. The van der Waals surface area contributed by atoms with Gasteiger partial charge in [0.2, 0.25) is 0 Å². The Labute approximate surface area is 150 Å². The van der Waals surface area contributed by atoms with Gasteiger partial charge < -0.3 is 15.0 Å². The third-order valence-corrected chi connectivity index (χ3v) is 6.42. The van der Waals surface area contributed by atoms with Crippen LogP contribution >= 0.6 is 38.6 Å². The number of hydrogen-bond donors (Lipinski definition) is 1. The monoisotopic (exact) mass is 414 g/mol. The summed E-state index contributed by atoms with van der Waals surface area (Å²) in [7, 11) is 3.41. The zero-order valence-corrected chi connectivity index (χ0v) is 15.9. The summed E-state index contributed by atoms with van der Waals surface area (Å²) in [4.78, 5) is 28.5. The van der Waals surface area contributed by atoms with Crippen LogP contribution < -0.4 is 5.32 Å². The second kappa shape index (κ2) is 6.72. The predicted octanol–water partition coefficient (Wildman–Crippen LogP) is 3.60. The van der Waals surface area contributed by atoms with Crippen molar-refractivity contribution in [3.8, 4) is 0 Å². The first-order valence-corrected chi connectivity index (χ1v) is 9.40. The highest BCUT2D eigenvalue weighted by Crippen LogP contribution is 2.37. The summed E-state index contributed by atoms with van der Waals surface area (Å²) in [6.45, 7) is 1.67. The van der Waals surface area contributed by atoms with Crippen LogP contribution in [0.15, 0.2) is 15.9 Å². The van der Waals surface area contributed by atoms with Crippen molar-refractivity contribution in [1.82, 2.24) is 4.90 Å². The van der Waals surface area contributed by atoms with Gasteiger partial charge in [-0.15, -0.1) is 22.7 Å². The number of halogens is 1. The standard InChI is InChI=1S/C15H15BrN2O3S2/c1-18-6-5-8-10(7-18)23-14(12(8)15(20)21-2)17-13(19)9-3-4-11(16)22-9/h3-4H,5-7H2,1-2H3,(H,17,19). The minimum atomic E-state index is -0.394. The van der Waals surface area contributed by atoms with E-state index in [1.54, 1.807) is 6.07 Å². The van der Waals surface area contributed by atoms with Crippen molar-refractivity contribution >= 4 is 55.5 Å². The molecule has 23 heavy (non-hydrogen) atoms. The lowest BCUT2D eigenvalue weighted by Gasteiger charge is -2.22. The van der Waals surface area contributed by atoms with Gasteiger partial charge in [-0.05, 0) is 47.1 Å². The Morgan fingerprint density at radius 1 is 1.35 bits per heavy atom. The number of rotatable bonds is 3. The first-order chi connectivity index (χ1) is 11.0. The molecule has 0 saturated heterocycles. The molecule has 122 valence electrons. The summed E-state index contributed by atoms with van der Waals surface area (Å²) < 4.78 is 5.81. The maximum Gasteiger partial charge on any atom is 0.341 e. The SMILES string of the molecule is COC(=O)c1c(NC(=O)c2ccc(Br)s2)sc2c1CCN(C)C2. The van der Waals surface area contributed by atoms with Crippen LogP contribution in [0.5, 0.6) is 0 Å². The number of nitrogens with zero attached hydrogens (tertiary/aromatic N) is 1. The van der Waals surface area contributed by atoms with Gasteiger partial charge in [-0.3, -0.25) is 4.79 Å². The van der Waals surface area contributed by atoms with Crippen LogP contribution in [0.4, 0.5) is 5.00 Å². The third-order valence-electron chi connectivity index (χ3n) is 3.66. The molecule has 0 aliphatic carbocycles. The van der Waals surface area contributed by atoms with Crippen LogP contribution in [0.25, 0.3) is 0 Å². The molecule has 0 bridgehead atoms. The molecule has 2 aromatic heterocycles. The Hall–Kier alpha value is -1.22. The smallest absolute Gasteiger partial charge is 0.341 e. The number of amides is 1. The minimum Gasteiger partial charge on any atom is -0.465 e.